The second-order valence-electron chi connectivity index (χ2n) is 6.99. The number of rotatable bonds is 4. The standard InChI is InChI=1S/C21H20F4N2O3S/c22-18-7-9-19(10-8-18)31(29,30)27-13-1-12-26(14-15-27)20(28)11-4-16-2-5-17(6-3-16)21(23,24)25/h2-11H,1,12-15H2/b11-4+. The van der Waals surface area contributed by atoms with E-state index >= 15 is 0 Å². The largest absolute Gasteiger partial charge is 0.416 e. The third-order valence-electron chi connectivity index (χ3n) is 4.87. The van der Waals surface area contributed by atoms with E-state index in [2.05, 4.69) is 0 Å². The molecule has 0 aliphatic carbocycles. The van der Waals surface area contributed by atoms with Crippen LogP contribution >= 0.6 is 0 Å². The second kappa shape index (κ2) is 9.19. The lowest BCUT2D eigenvalue weighted by Crippen LogP contribution is -2.36. The molecular weight excluding hydrogens is 436 g/mol. The minimum atomic E-state index is -4.43. The van der Waals surface area contributed by atoms with Gasteiger partial charge in [0.15, 0.2) is 0 Å². The Bertz CT molecular complexity index is 1050. The number of carbonyl (C=O) groups excluding carboxylic acids is 1. The van der Waals surface area contributed by atoms with E-state index < -0.39 is 27.6 Å². The monoisotopic (exact) mass is 456 g/mol. The summed E-state index contributed by atoms with van der Waals surface area (Å²) < 4.78 is 77.7. The number of benzene rings is 2. The first-order valence-corrected chi connectivity index (χ1v) is 10.9. The zero-order chi connectivity index (χ0) is 22.6. The molecule has 10 heteroatoms. The maximum absolute atomic E-state index is 13.1. The number of halogens is 4. The maximum atomic E-state index is 13.1. The Morgan fingerprint density at radius 1 is 0.903 bits per heavy atom. The molecule has 166 valence electrons. The van der Waals surface area contributed by atoms with Crippen molar-refractivity contribution < 1.29 is 30.8 Å². The Labute approximate surface area is 177 Å². The number of amides is 1. The van der Waals surface area contributed by atoms with Gasteiger partial charge in [0, 0.05) is 32.3 Å². The van der Waals surface area contributed by atoms with Gasteiger partial charge in [0.25, 0.3) is 0 Å². The molecule has 1 heterocycles. The molecule has 2 aromatic carbocycles. The average Bonchev–Trinajstić information content (AvgIpc) is 2.99. The number of carbonyl (C=O) groups is 1. The molecule has 0 N–H and O–H groups in total. The Morgan fingerprint density at radius 2 is 1.55 bits per heavy atom. The van der Waals surface area contributed by atoms with Crippen LogP contribution in [0.25, 0.3) is 6.08 Å². The highest BCUT2D eigenvalue weighted by Gasteiger charge is 2.30. The zero-order valence-corrected chi connectivity index (χ0v) is 17.2. The molecule has 1 saturated heterocycles. The van der Waals surface area contributed by atoms with Crippen LogP contribution in [0.5, 0.6) is 0 Å². The molecule has 1 aliphatic heterocycles. The fourth-order valence-electron chi connectivity index (χ4n) is 3.17. The van der Waals surface area contributed by atoms with E-state index in [0.29, 0.717) is 18.5 Å². The summed E-state index contributed by atoms with van der Waals surface area (Å²) in [4.78, 5) is 13.9. The van der Waals surface area contributed by atoms with Crippen molar-refractivity contribution in [1.82, 2.24) is 9.21 Å². The summed E-state index contributed by atoms with van der Waals surface area (Å²) in [6.07, 6.45) is -1.34. The maximum Gasteiger partial charge on any atom is 0.416 e. The van der Waals surface area contributed by atoms with Gasteiger partial charge in [-0.1, -0.05) is 12.1 Å². The van der Waals surface area contributed by atoms with Gasteiger partial charge in [0.1, 0.15) is 5.82 Å². The summed E-state index contributed by atoms with van der Waals surface area (Å²) in [5.41, 5.74) is -0.331. The minimum absolute atomic E-state index is 0.0177. The smallest absolute Gasteiger partial charge is 0.338 e. The number of hydrogen-bond donors (Lipinski definition) is 0. The summed E-state index contributed by atoms with van der Waals surface area (Å²) in [6, 6.07) is 8.97. The van der Waals surface area contributed by atoms with Crippen LogP contribution in [-0.2, 0) is 21.0 Å². The normalized spacial score (nSPS) is 16.5. The van der Waals surface area contributed by atoms with Crippen molar-refractivity contribution in [3.8, 4) is 0 Å². The topological polar surface area (TPSA) is 57.7 Å². The highest BCUT2D eigenvalue weighted by molar-refractivity contribution is 7.89. The molecule has 3 rings (SSSR count). The molecule has 2 aromatic rings. The molecule has 0 unspecified atom stereocenters. The van der Waals surface area contributed by atoms with Gasteiger partial charge in [0.2, 0.25) is 15.9 Å². The van der Waals surface area contributed by atoms with Crippen molar-refractivity contribution >= 4 is 22.0 Å². The molecule has 1 aliphatic rings. The van der Waals surface area contributed by atoms with Crippen LogP contribution in [0, 0.1) is 5.82 Å². The molecular formula is C21H20F4N2O3S. The summed E-state index contributed by atoms with van der Waals surface area (Å²) in [6.45, 7) is 0.800. The third kappa shape index (κ3) is 5.71. The van der Waals surface area contributed by atoms with Gasteiger partial charge in [-0.2, -0.15) is 17.5 Å². The van der Waals surface area contributed by atoms with E-state index in [1.54, 1.807) is 0 Å². The van der Waals surface area contributed by atoms with Crippen molar-refractivity contribution in [3.63, 3.8) is 0 Å². The molecule has 0 spiro atoms. The molecule has 1 fully saturated rings. The predicted octanol–water partition coefficient (Wildman–Crippen LogP) is 3.78. The minimum Gasteiger partial charge on any atom is -0.338 e. The second-order valence-corrected chi connectivity index (χ2v) is 8.93. The van der Waals surface area contributed by atoms with Gasteiger partial charge < -0.3 is 4.90 Å². The first-order chi connectivity index (χ1) is 14.6. The van der Waals surface area contributed by atoms with E-state index in [-0.39, 0.29) is 30.4 Å². The van der Waals surface area contributed by atoms with Crippen molar-refractivity contribution in [2.24, 2.45) is 0 Å². The third-order valence-corrected chi connectivity index (χ3v) is 6.79. The van der Waals surface area contributed by atoms with Crippen LogP contribution in [0.15, 0.2) is 59.5 Å². The van der Waals surface area contributed by atoms with Gasteiger partial charge >= 0.3 is 6.18 Å². The summed E-state index contributed by atoms with van der Waals surface area (Å²) in [7, 11) is -3.80. The Kier molecular flexibility index (Phi) is 6.80. The summed E-state index contributed by atoms with van der Waals surface area (Å²) in [5, 5.41) is 0. The number of alkyl halides is 3. The Balaban J connectivity index is 1.63. The van der Waals surface area contributed by atoms with E-state index in [1.165, 1.54) is 45.6 Å². The molecule has 0 saturated carbocycles. The van der Waals surface area contributed by atoms with E-state index in [0.717, 1.165) is 24.3 Å². The fourth-order valence-corrected chi connectivity index (χ4v) is 4.64. The number of sulfonamides is 1. The fraction of sp³-hybridized carbons (Fsp3) is 0.286. The quantitative estimate of drug-likeness (QED) is 0.520. The lowest BCUT2D eigenvalue weighted by atomic mass is 10.1. The van der Waals surface area contributed by atoms with Crippen LogP contribution in [0.3, 0.4) is 0 Å². The van der Waals surface area contributed by atoms with E-state index in [4.69, 9.17) is 0 Å². The molecule has 0 bridgehead atoms. The van der Waals surface area contributed by atoms with Crippen LogP contribution < -0.4 is 0 Å². The number of nitrogens with zero attached hydrogens (tertiary/aromatic N) is 2. The zero-order valence-electron chi connectivity index (χ0n) is 16.3. The first kappa shape index (κ1) is 23.0. The van der Waals surface area contributed by atoms with Gasteiger partial charge in [0.05, 0.1) is 10.5 Å². The van der Waals surface area contributed by atoms with Gasteiger partial charge in [-0.3, -0.25) is 4.79 Å². The molecule has 0 atom stereocenters. The SMILES string of the molecule is O=C(/C=C/c1ccc(C(F)(F)F)cc1)N1CCCN(S(=O)(=O)c2ccc(F)cc2)CC1. The van der Waals surface area contributed by atoms with Crippen molar-refractivity contribution in [3.05, 3.63) is 71.6 Å². The summed E-state index contributed by atoms with van der Waals surface area (Å²) in [5.74, 6) is -0.896. The van der Waals surface area contributed by atoms with Gasteiger partial charge in [-0.05, 0) is 54.5 Å². The Hall–Kier alpha value is -2.72. The lowest BCUT2D eigenvalue weighted by Gasteiger charge is -2.21. The van der Waals surface area contributed by atoms with Gasteiger partial charge in [-0.15, -0.1) is 0 Å². The predicted molar refractivity (Wildman–Crippen MR) is 107 cm³/mol. The molecule has 0 radical (unpaired) electrons. The van der Waals surface area contributed by atoms with E-state index in [9.17, 15) is 30.8 Å². The number of hydrogen-bond acceptors (Lipinski definition) is 3. The van der Waals surface area contributed by atoms with Crippen LogP contribution in [0.1, 0.15) is 17.5 Å². The van der Waals surface area contributed by atoms with Crippen LogP contribution in [0.2, 0.25) is 0 Å². The van der Waals surface area contributed by atoms with Gasteiger partial charge in [-0.25, -0.2) is 12.8 Å². The lowest BCUT2D eigenvalue weighted by molar-refractivity contribution is -0.137. The van der Waals surface area contributed by atoms with Crippen molar-refractivity contribution in [1.29, 1.82) is 0 Å². The summed E-state index contributed by atoms with van der Waals surface area (Å²) >= 11 is 0. The average molecular weight is 456 g/mol. The molecule has 31 heavy (non-hydrogen) atoms. The van der Waals surface area contributed by atoms with Crippen molar-refractivity contribution in [2.75, 3.05) is 26.2 Å². The first-order valence-electron chi connectivity index (χ1n) is 9.47. The van der Waals surface area contributed by atoms with E-state index in [1.807, 2.05) is 0 Å². The molecule has 1 amide bonds. The Morgan fingerprint density at radius 3 is 2.16 bits per heavy atom. The highest BCUT2D eigenvalue weighted by atomic mass is 32.2. The molecule has 0 aromatic heterocycles. The van der Waals surface area contributed by atoms with Crippen molar-refractivity contribution in [2.45, 2.75) is 17.5 Å². The van der Waals surface area contributed by atoms with Crippen LogP contribution in [0.4, 0.5) is 17.6 Å². The highest BCUT2D eigenvalue weighted by Crippen LogP contribution is 2.29. The molecule has 5 nitrogen and oxygen atoms in total. The van der Waals surface area contributed by atoms with Crippen LogP contribution in [-0.4, -0.2) is 49.7 Å².